The Labute approximate surface area is 147 Å². The van der Waals surface area contributed by atoms with Gasteiger partial charge in [0.25, 0.3) is 5.91 Å². The van der Waals surface area contributed by atoms with Crippen molar-refractivity contribution in [1.29, 1.82) is 0 Å². The van der Waals surface area contributed by atoms with E-state index in [1.165, 1.54) is 12.8 Å². The number of carbonyl (C=O) groups is 1. The van der Waals surface area contributed by atoms with Crippen LogP contribution in [0, 0.1) is 0 Å². The fourth-order valence-electron chi connectivity index (χ4n) is 3.83. The van der Waals surface area contributed by atoms with Gasteiger partial charge in [-0.05, 0) is 31.7 Å². The monoisotopic (exact) mass is 341 g/mol. The maximum atomic E-state index is 13.0. The molecule has 0 saturated carbocycles. The van der Waals surface area contributed by atoms with E-state index in [0.717, 1.165) is 50.4 Å². The van der Waals surface area contributed by atoms with Crippen LogP contribution in [0.5, 0.6) is 5.88 Å². The fraction of sp³-hybridized carbons (Fsp3) is 0.556. The number of methoxy groups -OCH3 is 1. The number of rotatable bonds is 3. The van der Waals surface area contributed by atoms with E-state index in [0.29, 0.717) is 11.4 Å². The van der Waals surface area contributed by atoms with E-state index in [4.69, 9.17) is 4.74 Å². The molecule has 4 heterocycles. The normalized spacial score (nSPS) is 20.2. The largest absolute Gasteiger partial charge is 0.481 e. The minimum atomic E-state index is 0.00336. The predicted molar refractivity (Wildman–Crippen MR) is 91.4 cm³/mol. The number of pyridine rings is 1. The molecule has 7 heteroatoms. The number of amides is 1. The Morgan fingerprint density at radius 1 is 1.16 bits per heavy atom. The Balaban J connectivity index is 1.60. The standard InChI is InChI=1S/C18H23N5O2/c1-25-16-9-8-13(12-19-16)18(24)22-11-5-6-14(22)17-21-20-15-7-3-2-4-10-23(15)17/h8-9,12,14H,2-7,10-11H2,1H3. The molecule has 0 bridgehead atoms. The van der Waals surface area contributed by atoms with Crippen molar-refractivity contribution in [1.82, 2.24) is 24.6 Å². The van der Waals surface area contributed by atoms with Gasteiger partial charge >= 0.3 is 0 Å². The molecule has 0 N–H and O–H groups in total. The molecule has 0 aliphatic carbocycles. The second-order valence-electron chi connectivity index (χ2n) is 6.68. The highest BCUT2D eigenvalue weighted by atomic mass is 16.5. The lowest BCUT2D eigenvalue weighted by atomic mass is 10.1. The molecule has 2 aliphatic heterocycles. The number of ether oxygens (including phenoxy) is 1. The highest BCUT2D eigenvalue weighted by Gasteiger charge is 2.35. The van der Waals surface area contributed by atoms with Crippen LogP contribution in [-0.2, 0) is 13.0 Å². The highest BCUT2D eigenvalue weighted by Crippen LogP contribution is 2.33. The van der Waals surface area contributed by atoms with Gasteiger partial charge in [-0.1, -0.05) is 6.42 Å². The molecule has 132 valence electrons. The second kappa shape index (κ2) is 6.82. The highest BCUT2D eigenvalue weighted by molar-refractivity contribution is 5.94. The topological polar surface area (TPSA) is 73.1 Å². The van der Waals surface area contributed by atoms with Crippen molar-refractivity contribution in [2.24, 2.45) is 0 Å². The van der Waals surface area contributed by atoms with E-state index in [1.54, 1.807) is 25.4 Å². The average molecular weight is 341 g/mol. The van der Waals surface area contributed by atoms with Crippen LogP contribution in [0.4, 0.5) is 0 Å². The van der Waals surface area contributed by atoms with Crippen molar-refractivity contribution in [2.75, 3.05) is 13.7 Å². The zero-order valence-electron chi connectivity index (χ0n) is 14.5. The number of hydrogen-bond donors (Lipinski definition) is 0. The van der Waals surface area contributed by atoms with Gasteiger partial charge in [-0.25, -0.2) is 4.98 Å². The van der Waals surface area contributed by atoms with E-state index in [2.05, 4.69) is 19.7 Å². The number of hydrogen-bond acceptors (Lipinski definition) is 5. The number of aromatic nitrogens is 4. The van der Waals surface area contributed by atoms with Gasteiger partial charge in [-0.2, -0.15) is 0 Å². The second-order valence-corrected chi connectivity index (χ2v) is 6.68. The summed E-state index contributed by atoms with van der Waals surface area (Å²) in [5.74, 6) is 2.53. The molecule has 2 aliphatic rings. The summed E-state index contributed by atoms with van der Waals surface area (Å²) in [6, 6.07) is 3.50. The molecule has 7 nitrogen and oxygen atoms in total. The van der Waals surface area contributed by atoms with Crippen LogP contribution in [0.3, 0.4) is 0 Å². The first kappa shape index (κ1) is 16.1. The van der Waals surface area contributed by atoms with E-state index in [9.17, 15) is 4.79 Å². The molecule has 2 aromatic rings. The quantitative estimate of drug-likeness (QED) is 0.857. The summed E-state index contributed by atoms with van der Waals surface area (Å²) in [5.41, 5.74) is 0.586. The summed E-state index contributed by atoms with van der Waals surface area (Å²) in [6.45, 7) is 1.71. The summed E-state index contributed by atoms with van der Waals surface area (Å²) in [7, 11) is 1.57. The number of nitrogens with zero attached hydrogens (tertiary/aromatic N) is 5. The van der Waals surface area contributed by atoms with Crippen molar-refractivity contribution in [2.45, 2.75) is 51.1 Å². The zero-order valence-corrected chi connectivity index (χ0v) is 14.5. The molecular formula is C18H23N5O2. The number of fused-ring (bicyclic) bond motifs is 1. The molecule has 0 spiro atoms. The molecule has 0 radical (unpaired) electrons. The smallest absolute Gasteiger partial charge is 0.256 e. The Morgan fingerprint density at radius 2 is 2.08 bits per heavy atom. The summed E-state index contributed by atoms with van der Waals surface area (Å²) >= 11 is 0. The minimum absolute atomic E-state index is 0.00336. The zero-order chi connectivity index (χ0) is 17.2. The molecule has 25 heavy (non-hydrogen) atoms. The van der Waals surface area contributed by atoms with Crippen LogP contribution in [-0.4, -0.2) is 44.2 Å². The maximum absolute atomic E-state index is 13.0. The SMILES string of the molecule is COc1ccc(C(=O)N2CCCC2c2nnc3n2CCCCC3)cn1. The minimum Gasteiger partial charge on any atom is -0.481 e. The predicted octanol–water partition coefficient (Wildman–Crippen LogP) is 2.39. The van der Waals surface area contributed by atoms with Crippen LogP contribution in [0.15, 0.2) is 18.3 Å². The van der Waals surface area contributed by atoms with Gasteiger partial charge < -0.3 is 14.2 Å². The van der Waals surface area contributed by atoms with Gasteiger partial charge in [0.15, 0.2) is 5.82 Å². The molecule has 1 saturated heterocycles. The van der Waals surface area contributed by atoms with Crippen molar-refractivity contribution >= 4 is 5.91 Å². The van der Waals surface area contributed by atoms with Gasteiger partial charge in [0.05, 0.1) is 18.7 Å². The molecule has 1 fully saturated rings. The van der Waals surface area contributed by atoms with E-state index >= 15 is 0 Å². The molecule has 0 aromatic carbocycles. The lowest BCUT2D eigenvalue weighted by Gasteiger charge is -2.24. The van der Waals surface area contributed by atoms with E-state index < -0.39 is 0 Å². The van der Waals surface area contributed by atoms with Gasteiger partial charge in [-0.3, -0.25) is 4.79 Å². The third-order valence-electron chi connectivity index (χ3n) is 5.14. The van der Waals surface area contributed by atoms with Gasteiger partial charge in [0.1, 0.15) is 5.82 Å². The van der Waals surface area contributed by atoms with Crippen LogP contribution in [0.1, 0.15) is 60.2 Å². The van der Waals surface area contributed by atoms with Gasteiger partial charge in [0, 0.05) is 31.8 Å². The number of carbonyl (C=O) groups excluding carboxylic acids is 1. The Bertz CT molecular complexity index is 755. The first-order chi connectivity index (χ1) is 12.3. The third kappa shape index (κ3) is 2.99. The molecule has 2 aromatic heterocycles. The van der Waals surface area contributed by atoms with E-state index in [1.807, 2.05) is 4.90 Å². The maximum Gasteiger partial charge on any atom is 0.256 e. The number of aryl methyl sites for hydroxylation is 1. The summed E-state index contributed by atoms with van der Waals surface area (Å²) in [6.07, 6.45) is 8.05. The average Bonchev–Trinajstić information content (AvgIpc) is 3.22. The molecule has 1 amide bonds. The molecule has 1 atom stereocenters. The van der Waals surface area contributed by atoms with Crippen LogP contribution < -0.4 is 4.74 Å². The molecule has 1 unspecified atom stereocenters. The van der Waals surface area contributed by atoms with Crippen molar-refractivity contribution < 1.29 is 9.53 Å². The van der Waals surface area contributed by atoms with E-state index in [-0.39, 0.29) is 11.9 Å². The first-order valence-corrected chi connectivity index (χ1v) is 9.01. The lowest BCUT2D eigenvalue weighted by molar-refractivity contribution is 0.0726. The summed E-state index contributed by atoms with van der Waals surface area (Å²) < 4.78 is 7.32. The first-order valence-electron chi connectivity index (χ1n) is 9.01. The summed E-state index contributed by atoms with van der Waals surface area (Å²) in [5, 5.41) is 8.86. The van der Waals surface area contributed by atoms with Crippen LogP contribution >= 0.6 is 0 Å². The summed E-state index contributed by atoms with van der Waals surface area (Å²) in [4.78, 5) is 19.1. The number of likely N-dealkylation sites (tertiary alicyclic amines) is 1. The molecule has 4 rings (SSSR count). The van der Waals surface area contributed by atoms with Gasteiger partial charge in [-0.15, -0.1) is 10.2 Å². The lowest BCUT2D eigenvalue weighted by Crippen LogP contribution is -2.32. The Hall–Kier alpha value is -2.44. The van der Waals surface area contributed by atoms with Gasteiger partial charge in [0.2, 0.25) is 5.88 Å². The fourth-order valence-corrected chi connectivity index (χ4v) is 3.83. The van der Waals surface area contributed by atoms with Crippen molar-refractivity contribution in [3.63, 3.8) is 0 Å². The third-order valence-corrected chi connectivity index (χ3v) is 5.14. The molecular weight excluding hydrogens is 318 g/mol. The van der Waals surface area contributed by atoms with Crippen LogP contribution in [0.25, 0.3) is 0 Å². The van der Waals surface area contributed by atoms with Crippen LogP contribution in [0.2, 0.25) is 0 Å². The van der Waals surface area contributed by atoms with Crippen molar-refractivity contribution in [3.8, 4) is 5.88 Å². The van der Waals surface area contributed by atoms with Crippen molar-refractivity contribution in [3.05, 3.63) is 35.5 Å². The Morgan fingerprint density at radius 3 is 2.88 bits per heavy atom. The Kier molecular flexibility index (Phi) is 4.38.